The first-order chi connectivity index (χ1) is 8.13. The van der Waals surface area contributed by atoms with Crippen molar-refractivity contribution in [3.63, 3.8) is 0 Å². The highest BCUT2D eigenvalue weighted by atomic mass is 79.9. The molecule has 1 saturated carbocycles. The lowest BCUT2D eigenvalue weighted by atomic mass is 10.4. The first-order valence-corrected chi connectivity index (χ1v) is 6.51. The Morgan fingerprint density at radius 3 is 2.59 bits per heavy atom. The zero-order valence-electron chi connectivity index (χ0n) is 9.81. The Balaban J connectivity index is 2.10. The third-order valence-corrected chi connectivity index (χ3v) is 3.27. The van der Waals surface area contributed by atoms with Gasteiger partial charge in [-0.25, -0.2) is 14.6 Å². The topological polar surface area (TPSA) is 43.6 Å². The average molecular weight is 293 g/mol. The molecule has 0 saturated heterocycles. The van der Waals surface area contributed by atoms with Crippen molar-refractivity contribution < 1.29 is 0 Å². The maximum absolute atomic E-state index is 4.60. The predicted octanol–water partition coefficient (Wildman–Crippen LogP) is 2.92. The second-order valence-corrected chi connectivity index (χ2v) is 5.33. The van der Waals surface area contributed by atoms with Crippen molar-refractivity contribution in [3.05, 3.63) is 33.9 Å². The minimum absolute atomic E-state index is 0.545. The molecule has 3 rings (SSSR count). The molecule has 0 aliphatic heterocycles. The summed E-state index contributed by atoms with van der Waals surface area (Å²) in [6, 6.07) is 3.96. The van der Waals surface area contributed by atoms with Gasteiger partial charge >= 0.3 is 0 Å². The van der Waals surface area contributed by atoms with Gasteiger partial charge < -0.3 is 0 Å². The molecule has 1 aliphatic carbocycles. The fourth-order valence-corrected chi connectivity index (χ4v) is 2.30. The molecular formula is C12H13BrN4. The van der Waals surface area contributed by atoms with Gasteiger partial charge in [0.25, 0.3) is 0 Å². The van der Waals surface area contributed by atoms with Gasteiger partial charge in [0.15, 0.2) is 5.82 Å². The van der Waals surface area contributed by atoms with Crippen LogP contribution in [-0.2, 0) is 0 Å². The van der Waals surface area contributed by atoms with Crippen LogP contribution in [0.3, 0.4) is 0 Å². The summed E-state index contributed by atoms with van der Waals surface area (Å²) in [5.41, 5.74) is 2.10. The van der Waals surface area contributed by atoms with Crippen molar-refractivity contribution in [2.75, 3.05) is 0 Å². The van der Waals surface area contributed by atoms with E-state index in [1.54, 1.807) is 0 Å². The van der Waals surface area contributed by atoms with Gasteiger partial charge in [0.05, 0.1) is 5.69 Å². The Kier molecular flexibility index (Phi) is 2.50. The lowest BCUT2D eigenvalue weighted by Crippen LogP contribution is -2.05. The fourth-order valence-electron chi connectivity index (χ4n) is 1.92. The molecule has 0 amide bonds. The molecule has 2 heterocycles. The first-order valence-electron chi connectivity index (χ1n) is 5.71. The quantitative estimate of drug-likeness (QED) is 0.800. The van der Waals surface area contributed by atoms with Gasteiger partial charge in [0.1, 0.15) is 10.4 Å². The van der Waals surface area contributed by atoms with Crippen molar-refractivity contribution in [2.45, 2.75) is 32.6 Å². The van der Waals surface area contributed by atoms with Crippen LogP contribution in [0.15, 0.2) is 16.7 Å². The van der Waals surface area contributed by atoms with Gasteiger partial charge in [-0.2, -0.15) is 5.10 Å². The summed E-state index contributed by atoms with van der Waals surface area (Å²) in [5, 5.41) is 4.45. The number of hydrogen-bond acceptors (Lipinski definition) is 3. The van der Waals surface area contributed by atoms with Crippen LogP contribution in [0.4, 0.5) is 0 Å². The summed E-state index contributed by atoms with van der Waals surface area (Å²) in [7, 11) is 0. The molecule has 0 aromatic carbocycles. The highest BCUT2D eigenvalue weighted by Gasteiger charge is 2.27. The van der Waals surface area contributed by atoms with Gasteiger partial charge in [0, 0.05) is 17.7 Å². The fraction of sp³-hybridized carbons (Fsp3) is 0.417. The third kappa shape index (κ3) is 2.11. The lowest BCUT2D eigenvalue weighted by Gasteiger charge is -2.06. The van der Waals surface area contributed by atoms with Gasteiger partial charge in [-0.05, 0) is 48.7 Å². The van der Waals surface area contributed by atoms with E-state index >= 15 is 0 Å². The van der Waals surface area contributed by atoms with Crippen molar-refractivity contribution >= 4 is 15.9 Å². The van der Waals surface area contributed by atoms with E-state index in [4.69, 9.17) is 0 Å². The Hall–Kier alpha value is -1.23. The number of halogens is 1. The smallest absolute Gasteiger partial charge is 0.158 e. The van der Waals surface area contributed by atoms with Gasteiger partial charge in [-0.3, -0.25) is 0 Å². The van der Waals surface area contributed by atoms with E-state index in [1.165, 1.54) is 12.8 Å². The molecule has 17 heavy (non-hydrogen) atoms. The van der Waals surface area contributed by atoms with E-state index in [2.05, 4.69) is 31.0 Å². The van der Waals surface area contributed by atoms with E-state index in [9.17, 15) is 0 Å². The summed E-state index contributed by atoms with van der Waals surface area (Å²) < 4.78 is 2.70. The summed E-state index contributed by atoms with van der Waals surface area (Å²) in [6.07, 6.45) is 2.40. The van der Waals surface area contributed by atoms with Crippen LogP contribution in [0, 0.1) is 13.8 Å². The van der Waals surface area contributed by atoms with Crippen molar-refractivity contribution in [1.29, 1.82) is 0 Å². The molecule has 0 unspecified atom stereocenters. The number of nitrogens with zero attached hydrogens (tertiary/aromatic N) is 4. The second kappa shape index (κ2) is 3.91. The largest absolute Gasteiger partial charge is 0.226 e. The van der Waals surface area contributed by atoms with Crippen LogP contribution in [0.1, 0.15) is 36.0 Å². The highest BCUT2D eigenvalue weighted by Crippen LogP contribution is 2.38. The molecule has 0 atom stereocenters. The summed E-state index contributed by atoms with van der Waals surface area (Å²) >= 11 is 3.45. The Labute approximate surface area is 108 Å². The lowest BCUT2D eigenvalue weighted by molar-refractivity contribution is 0.777. The van der Waals surface area contributed by atoms with E-state index in [0.29, 0.717) is 5.92 Å². The number of hydrogen-bond donors (Lipinski definition) is 0. The van der Waals surface area contributed by atoms with Gasteiger partial charge in [-0.15, -0.1) is 0 Å². The molecule has 0 spiro atoms. The van der Waals surface area contributed by atoms with Gasteiger partial charge in [-0.1, -0.05) is 0 Å². The van der Waals surface area contributed by atoms with E-state index in [1.807, 2.05) is 30.7 Å². The SMILES string of the molecule is Cc1cc(C)n(-c2cc(Br)nc(C3CC3)n2)n1. The molecule has 1 fully saturated rings. The monoisotopic (exact) mass is 292 g/mol. The zero-order valence-corrected chi connectivity index (χ0v) is 11.4. The third-order valence-electron chi connectivity index (χ3n) is 2.87. The van der Waals surface area contributed by atoms with Crippen molar-refractivity contribution in [3.8, 4) is 5.82 Å². The number of rotatable bonds is 2. The van der Waals surface area contributed by atoms with E-state index in [0.717, 1.165) is 27.6 Å². The summed E-state index contributed by atoms with van der Waals surface area (Å²) in [5.74, 6) is 2.32. The van der Waals surface area contributed by atoms with Crippen LogP contribution in [0.25, 0.3) is 5.82 Å². The molecule has 1 aliphatic rings. The Morgan fingerprint density at radius 1 is 1.24 bits per heavy atom. The highest BCUT2D eigenvalue weighted by molar-refractivity contribution is 9.10. The van der Waals surface area contributed by atoms with Crippen LogP contribution < -0.4 is 0 Å². The minimum Gasteiger partial charge on any atom is -0.226 e. The van der Waals surface area contributed by atoms with Crippen molar-refractivity contribution in [2.24, 2.45) is 0 Å². The predicted molar refractivity (Wildman–Crippen MR) is 68.3 cm³/mol. The Morgan fingerprint density at radius 2 is 2.00 bits per heavy atom. The molecule has 5 heteroatoms. The Bertz CT molecular complexity index is 572. The first kappa shape index (κ1) is 10.9. The summed E-state index contributed by atoms with van der Waals surface area (Å²) in [6.45, 7) is 4.02. The molecule has 2 aromatic rings. The molecular weight excluding hydrogens is 280 g/mol. The normalized spacial score (nSPS) is 15.2. The molecule has 4 nitrogen and oxygen atoms in total. The standard InChI is InChI=1S/C12H13BrN4/c1-7-5-8(2)17(16-7)11-6-10(13)14-12(15-11)9-3-4-9/h5-6,9H,3-4H2,1-2H3. The molecule has 0 bridgehead atoms. The van der Waals surface area contributed by atoms with Crippen LogP contribution >= 0.6 is 15.9 Å². The van der Waals surface area contributed by atoms with Crippen LogP contribution in [-0.4, -0.2) is 19.7 Å². The minimum atomic E-state index is 0.545. The average Bonchev–Trinajstić information content (AvgIpc) is 3.04. The van der Waals surface area contributed by atoms with E-state index in [-0.39, 0.29) is 0 Å². The van der Waals surface area contributed by atoms with Crippen LogP contribution in [0.5, 0.6) is 0 Å². The van der Waals surface area contributed by atoms with Crippen molar-refractivity contribution in [1.82, 2.24) is 19.7 Å². The van der Waals surface area contributed by atoms with Crippen LogP contribution in [0.2, 0.25) is 0 Å². The molecule has 88 valence electrons. The molecule has 0 N–H and O–H groups in total. The number of aromatic nitrogens is 4. The number of aryl methyl sites for hydroxylation is 2. The molecule has 0 radical (unpaired) electrons. The summed E-state index contributed by atoms with van der Waals surface area (Å²) in [4.78, 5) is 9.02. The van der Waals surface area contributed by atoms with E-state index < -0.39 is 0 Å². The maximum Gasteiger partial charge on any atom is 0.158 e. The molecule has 2 aromatic heterocycles. The zero-order chi connectivity index (χ0) is 12.0. The second-order valence-electron chi connectivity index (χ2n) is 4.52. The van der Waals surface area contributed by atoms with Gasteiger partial charge in [0.2, 0.25) is 0 Å². The maximum atomic E-state index is 4.60.